The van der Waals surface area contributed by atoms with Crippen molar-refractivity contribution in [2.45, 2.75) is 0 Å². The summed E-state index contributed by atoms with van der Waals surface area (Å²) in [5.41, 5.74) is 1.11. The zero-order chi connectivity index (χ0) is 18.0. The molecule has 1 aliphatic rings. The van der Waals surface area contributed by atoms with Gasteiger partial charge >= 0.3 is 0 Å². The van der Waals surface area contributed by atoms with Crippen molar-refractivity contribution in [3.05, 3.63) is 52.9 Å². The van der Waals surface area contributed by atoms with Gasteiger partial charge in [-0.1, -0.05) is 42.2 Å². The molecule has 2 aromatic rings. The minimum Gasteiger partial charge on any atom is -0.507 e. The Bertz CT molecular complexity index is 879. The Labute approximate surface area is 154 Å². The minimum atomic E-state index is -0.262. The van der Waals surface area contributed by atoms with Crippen LogP contribution in [0.1, 0.15) is 5.56 Å². The van der Waals surface area contributed by atoms with Crippen LogP contribution < -0.4 is 14.4 Å². The summed E-state index contributed by atoms with van der Waals surface area (Å²) in [7, 11) is 3.08. The monoisotopic (exact) mass is 373 g/mol. The lowest BCUT2D eigenvalue weighted by atomic mass is 10.2. The van der Waals surface area contributed by atoms with Gasteiger partial charge in [-0.25, -0.2) is 0 Å². The maximum atomic E-state index is 12.8. The van der Waals surface area contributed by atoms with Gasteiger partial charge in [0.2, 0.25) is 0 Å². The van der Waals surface area contributed by atoms with E-state index in [2.05, 4.69) is 0 Å². The second-order valence-corrected chi connectivity index (χ2v) is 6.79. The van der Waals surface area contributed by atoms with Crippen LogP contribution in [0, 0.1) is 0 Å². The third-order valence-electron chi connectivity index (χ3n) is 3.64. The van der Waals surface area contributed by atoms with Crippen molar-refractivity contribution in [3.63, 3.8) is 0 Å². The maximum Gasteiger partial charge on any atom is 0.270 e. The number of carbonyl (C=O) groups is 1. The lowest BCUT2D eigenvalue weighted by molar-refractivity contribution is -0.113. The number of thioether (sulfide) groups is 1. The van der Waals surface area contributed by atoms with Crippen molar-refractivity contribution in [1.29, 1.82) is 0 Å². The van der Waals surface area contributed by atoms with Gasteiger partial charge in [0.05, 0.1) is 24.8 Å². The van der Waals surface area contributed by atoms with E-state index in [1.807, 2.05) is 0 Å². The number of nitrogens with zero attached hydrogens (tertiary/aromatic N) is 1. The molecular formula is C18H15NO4S2. The van der Waals surface area contributed by atoms with Crippen molar-refractivity contribution < 1.29 is 19.4 Å². The number of aromatic hydroxyl groups is 1. The van der Waals surface area contributed by atoms with Crippen molar-refractivity contribution in [2.24, 2.45) is 0 Å². The zero-order valence-electron chi connectivity index (χ0n) is 13.6. The second kappa shape index (κ2) is 7.16. The molecule has 1 N–H and O–H groups in total. The SMILES string of the molecule is COc1ccc(N2C(=O)C(=Cc3ccccc3O)SC2=S)c(OC)c1. The number of amides is 1. The first kappa shape index (κ1) is 17.3. The van der Waals surface area contributed by atoms with Crippen molar-refractivity contribution in [3.8, 4) is 17.2 Å². The molecule has 5 nitrogen and oxygen atoms in total. The number of anilines is 1. The molecule has 3 rings (SSSR count). The van der Waals surface area contributed by atoms with Gasteiger partial charge in [0, 0.05) is 11.6 Å². The predicted octanol–water partition coefficient (Wildman–Crippen LogP) is 3.82. The van der Waals surface area contributed by atoms with Crippen molar-refractivity contribution in [2.75, 3.05) is 19.1 Å². The van der Waals surface area contributed by atoms with E-state index >= 15 is 0 Å². The summed E-state index contributed by atoms with van der Waals surface area (Å²) in [5.74, 6) is 0.951. The topological polar surface area (TPSA) is 59.0 Å². The van der Waals surface area contributed by atoms with Gasteiger partial charge in [-0.15, -0.1) is 0 Å². The molecule has 1 amide bonds. The van der Waals surface area contributed by atoms with E-state index in [9.17, 15) is 9.90 Å². The fourth-order valence-electron chi connectivity index (χ4n) is 2.40. The van der Waals surface area contributed by atoms with Gasteiger partial charge < -0.3 is 14.6 Å². The van der Waals surface area contributed by atoms with E-state index in [1.54, 1.807) is 55.7 Å². The number of hydrogen-bond acceptors (Lipinski definition) is 6. The molecule has 0 bridgehead atoms. The van der Waals surface area contributed by atoms with Gasteiger partial charge in [0.25, 0.3) is 5.91 Å². The summed E-state index contributed by atoms with van der Waals surface area (Å²) in [6, 6.07) is 12.0. The molecule has 0 radical (unpaired) electrons. The summed E-state index contributed by atoms with van der Waals surface area (Å²) in [5, 5.41) is 9.90. The largest absolute Gasteiger partial charge is 0.507 e. The van der Waals surface area contributed by atoms with Gasteiger partial charge in [-0.3, -0.25) is 9.69 Å². The number of phenolic OH excluding ortho intramolecular Hbond substituents is 1. The first-order chi connectivity index (χ1) is 12.0. The molecule has 7 heteroatoms. The summed E-state index contributed by atoms with van der Waals surface area (Å²) >= 11 is 6.55. The number of carbonyl (C=O) groups excluding carboxylic acids is 1. The fraction of sp³-hybridized carbons (Fsp3) is 0.111. The molecule has 1 fully saturated rings. The zero-order valence-corrected chi connectivity index (χ0v) is 15.2. The smallest absolute Gasteiger partial charge is 0.270 e. The average Bonchev–Trinajstić information content (AvgIpc) is 2.90. The number of rotatable bonds is 4. The van der Waals surface area contributed by atoms with Crippen LogP contribution in [0.25, 0.3) is 6.08 Å². The Balaban J connectivity index is 1.99. The van der Waals surface area contributed by atoms with Crippen LogP contribution >= 0.6 is 24.0 Å². The maximum absolute atomic E-state index is 12.8. The van der Waals surface area contributed by atoms with Crippen LogP contribution in [0.5, 0.6) is 17.2 Å². The Morgan fingerprint density at radius 3 is 2.60 bits per heavy atom. The fourth-order valence-corrected chi connectivity index (χ4v) is 3.67. The highest BCUT2D eigenvalue weighted by atomic mass is 32.2. The van der Waals surface area contributed by atoms with E-state index in [0.29, 0.717) is 32.0 Å². The first-order valence-electron chi connectivity index (χ1n) is 7.33. The van der Waals surface area contributed by atoms with Gasteiger partial charge in [0.1, 0.15) is 17.2 Å². The molecule has 0 saturated carbocycles. The Kier molecular flexibility index (Phi) is 4.96. The number of ether oxygens (including phenoxy) is 2. The molecular weight excluding hydrogens is 358 g/mol. The van der Waals surface area contributed by atoms with Crippen LogP contribution in [0.3, 0.4) is 0 Å². The summed E-state index contributed by atoms with van der Waals surface area (Å²) < 4.78 is 10.9. The third-order valence-corrected chi connectivity index (χ3v) is 4.95. The Morgan fingerprint density at radius 2 is 1.92 bits per heavy atom. The molecule has 25 heavy (non-hydrogen) atoms. The number of benzene rings is 2. The molecule has 1 aliphatic heterocycles. The van der Waals surface area contributed by atoms with Gasteiger partial charge in [0.15, 0.2) is 4.32 Å². The van der Waals surface area contributed by atoms with E-state index in [4.69, 9.17) is 21.7 Å². The van der Waals surface area contributed by atoms with Gasteiger partial charge in [-0.05, 0) is 24.3 Å². The molecule has 0 aliphatic carbocycles. The third kappa shape index (κ3) is 3.33. The van der Waals surface area contributed by atoms with Crippen LogP contribution in [0.4, 0.5) is 5.69 Å². The molecule has 1 saturated heterocycles. The number of hydrogen-bond donors (Lipinski definition) is 1. The molecule has 128 valence electrons. The highest BCUT2D eigenvalue weighted by molar-refractivity contribution is 8.27. The van der Waals surface area contributed by atoms with Crippen molar-refractivity contribution >= 4 is 46.0 Å². The lowest BCUT2D eigenvalue weighted by Gasteiger charge is -2.18. The summed E-state index contributed by atoms with van der Waals surface area (Å²) in [6.45, 7) is 0. The molecule has 0 unspecified atom stereocenters. The molecule has 0 spiro atoms. The van der Waals surface area contributed by atoms with Crippen LogP contribution in [-0.2, 0) is 4.79 Å². The highest BCUT2D eigenvalue weighted by Crippen LogP contribution is 2.41. The predicted molar refractivity (Wildman–Crippen MR) is 103 cm³/mol. The van der Waals surface area contributed by atoms with Gasteiger partial charge in [-0.2, -0.15) is 0 Å². The van der Waals surface area contributed by atoms with E-state index in [1.165, 1.54) is 23.8 Å². The number of methoxy groups -OCH3 is 2. The van der Waals surface area contributed by atoms with Crippen LogP contribution in [0.2, 0.25) is 0 Å². The second-order valence-electron chi connectivity index (χ2n) is 5.11. The Hall–Kier alpha value is -2.51. The molecule has 0 aromatic heterocycles. The van der Waals surface area contributed by atoms with Crippen LogP contribution in [0.15, 0.2) is 47.4 Å². The van der Waals surface area contributed by atoms with Crippen molar-refractivity contribution in [1.82, 2.24) is 0 Å². The molecule has 2 aromatic carbocycles. The minimum absolute atomic E-state index is 0.106. The highest BCUT2D eigenvalue weighted by Gasteiger charge is 2.35. The summed E-state index contributed by atoms with van der Waals surface area (Å²) in [4.78, 5) is 14.7. The average molecular weight is 373 g/mol. The quantitative estimate of drug-likeness (QED) is 0.650. The van der Waals surface area contributed by atoms with E-state index in [-0.39, 0.29) is 11.7 Å². The number of para-hydroxylation sites is 1. The normalized spacial score (nSPS) is 15.8. The van der Waals surface area contributed by atoms with Crippen LogP contribution in [-0.4, -0.2) is 29.6 Å². The van der Waals surface area contributed by atoms with E-state index < -0.39 is 0 Å². The molecule has 1 heterocycles. The standard InChI is InChI=1S/C18H15NO4S2/c1-22-12-7-8-13(15(10-12)23-2)19-17(21)16(25-18(19)24)9-11-5-3-4-6-14(11)20/h3-10,20H,1-2H3. The lowest BCUT2D eigenvalue weighted by Crippen LogP contribution is -2.27. The first-order valence-corrected chi connectivity index (χ1v) is 8.55. The number of thiocarbonyl (C=S) groups is 1. The summed E-state index contributed by atoms with van der Waals surface area (Å²) in [6.07, 6.45) is 1.63. The molecule has 0 atom stereocenters. The number of phenols is 1. The van der Waals surface area contributed by atoms with E-state index in [0.717, 1.165) is 0 Å². The Morgan fingerprint density at radius 1 is 1.16 bits per heavy atom.